The fraction of sp³-hybridized carbons (Fsp3) is 0.188. The number of fused-ring (bicyclic) bond motifs is 1. The van der Waals surface area contributed by atoms with Crippen LogP contribution in [0.3, 0.4) is 0 Å². The van der Waals surface area contributed by atoms with Gasteiger partial charge >= 0.3 is 6.18 Å². The SMILES string of the molecule is O=C(CC(F)(F)F)NCc1ccc(-n2cnc3ccccc32)nc1. The molecule has 0 atom stereocenters. The average Bonchev–Trinajstić information content (AvgIpc) is 2.96. The summed E-state index contributed by atoms with van der Waals surface area (Å²) in [5.74, 6) is -0.429. The monoisotopic (exact) mass is 334 g/mol. The van der Waals surface area contributed by atoms with Crippen molar-refractivity contribution in [3.63, 3.8) is 0 Å². The molecule has 24 heavy (non-hydrogen) atoms. The van der Waals surface area contributed by atoms with Crippen LogP contribution in [-0.2, 0) is 11.3 Å². The summed E-state index contributed by atoms with van der Waals surface area (Å²) in [5, 5.41) is 2.22. The van der Waals surface area contributed by atoms with Crippen molar-refractivity contribution in [3.8, 4) is 5.82 Å². The van der Waals surface area contributed by atoms with Crippen molar-refractivity contribution in [3.05, 3.63) is 54.5 Å². The third-order valence-corrected chi connectivity index (χ3v) is 3.36. The van der Waals surface area contributed by atoms with Crippen LogP contribution in [0.5, 0.6) is 0 Å². The number of nitrogens with one attached hydrogen (secondary N) is 1. The number of aromatic nitrogens is 3. The standard InChI is InChI=1S/C16H13F3N4O/c17-16(18,19)7-15(24)21-9-11-5-6-14(20-8-11)23-10-22-12-3-1-2-4-13(12)23/h1-6,8,10H,7,9H2,(H,21,24). The molecule has 5 nitrogen and oxygen atoms in total. The van der Waals surface area contributed by atoms with Crippen LogP contribution in [0.2, 0.25) is 0 Å². The topological polar surface area (TPSA) is 59.8 Å². The van der Waals surface area contributed by atoms with Crippen molar-refractivity contribution >= 4 is 16.9 Å². The Bertz CT molecular complexity index is 856. The molecule has 0 bridgehead atoms. The van der Waals surface area contributed by atoms with Crippen molar-refractivity contribution in [2.45, 2.75) is 19.1 Å². The Morgan fingerprint density at radius 2 is 1.92 bits per heavy atom. The molecular weight excluding hydrogens is 321 g/mol. The zero-order valence-electron chi connectivity index (χ0n) is 12.4. The number of para-hydroxylation sites is 2. The van der Waals surface area contributed by atoms with E-state index in [-0.39, 0.29) is 6.54 Å². The second-order valence-electron chi connectivity index (χ2n) is 5.20. The lowest BCUT2D eigenvalue weighted by Crippen LogP contribution is -2.28. The molecule has 1 N–H and O–H groups in total. The van der Waals surface area contributed by atoms with Gasteiger partial charge in [0.15, 0.2) is 0 Å². The molecule has 124 valence electrons. The van der Waals surface area contributed by atoms with Crippen LogP contribution in [0.1, 0.15) is 12.0 Å². The number of imidazole rings is 1. The zero-order valence-corrected chi connectivity index (χ0v) is 12.4. The summed E-state index contributed by atoms with van der Waals surface area (Å²) >= 11 is 0. The summed E-state index contributed by atoms with van der Waals surface area (Å²) < 4.78 is 38.1. The van der Waals surface area contributed by atoms with Crippen molar-refractivity contribution in [2.24, 2.45) is 0 Å². The van der Waals surface area contributed by atoms with Gasteiger partial charge in [0.05, 0.1) is 11.0 Å². The maximum absolute atomic E-state index is 12.1. The first-order valence-corrected chi connectivity index (χ1v) is 7.13. The van der Waals surface area contributed by atoms with E-state index in [4.69, 9.17) is 0 Å². The van der Waals surface area contributed by atoms with E-state index in [0.717, 1.165) is 11.0 Å². The van der Waals surface area contributed by atoms with E-state index in [0.29, 0.717) is 11.4 Å². The van der Waals surface area contributed by atoms with Crippen LogP contribution in [0.4, 0.5) is 13.2 Å². The minimum absolute atomic E-state index is 0.00707. The van der Waals surface area contributed by atoms with Gasteiger partial charge in [-0.3, -0.25) is 9.36 Å². The lowest BCUT2D eigenvalue weighted by atomic mass is 10.2. The van der Waals surface area contributed by atoms with Crippen molar-refractivity contribution < 1.29 is 18.0 Å². The minimum atomic E-state index is -4.51. The molecule has 1 amide bonds. The van der Waals surface area contributed by atoms with Gasteiger partial charge in [0.2, 0.25) is 5.91 Å². The first-order chi connectivity index (χ1) is 11.4. The Hall–Kier alpha value is -2.90. The fourth-order valence-electron chi connectivity index (χ4n) is 2.25. The average molecular weight is 334 g/mol. The number of rotatable bonds is 4. The number of nitrogens with zero attached hydrogens (tertiary/aromatic N) is 3. The van der Waals surface area contributed by atoms with Crippen molar-refractivity contribution in [1.29, 1.82) is 0 Å². The molecule has 0 radical (unpaired) electrons. The highest BCUT2D eigenvalue weighted by molar-refractivity contribution is 5.77. The molecule has 0 spiro atoms. The van der Waals surface area contributed by atoms with Crippen LogP contribution in [-0.4, -0.2) is 26.6 Å². The summed E-state index contributed by atoms with van der Waals surface area (Å²) in [7, 11) is 0. The number of carbonyl (C=O) groups excluding carboxylic acids is 1. The number of carbonyl (C=O) groups is 1. The molecule has 3 rings (SSSR count). The molecule has 2 heterocycles. The molecule has 1 aromatic carbocycles. The van der Waals surface area contributed by atoms with E-state index in [2.05, 4.69) is 15.3 Å². The number of pyridine rings is 1. The summed E-state index contributed by atoms with van der Waals surface area (Å²) in [6, 6.07) is 11.0. The second kappa shape index (κ2) is 6.31. The Morgan fingerprint density at radius 3 is 2.62 bits per heavy atom. The Balaban J connectivity index is 1.69. The predicted octanol–water partition coefficient (Wildman–Crippen LogP) is 2.99. The number of amides is 1. The summed E-state index contributed by atoms with van der Waals surface area (Å²) in [4.78, 5) is 19.7. The first kappa shape index (κ1) is 16.0. The smallest absolute Gasteiger partial charge is 0.352 e. The van der Waals surface area contributed by atoms with Crippen LogP contribution < -0.4 is 5.32 Å². The van der Waals surface area contributed by atoms with E-state index < -0.39 is 18.5 Å². The second-order valence-corrected chi connectivity index (χ2v) is 5.20. The lowest BCUT2D eigenvalue weighted by molar-refractivity contribution is -0.153. The molecule has 0 aliphatic heterocycles. The maximum atomic E-state index is 12.1. The largest absolute Gasteiger partial charge is 0.397 e. The molecular formula is C16H13F3N4O. The quantitative estimate of drug-likeness (QED) is 0.798. The van der Waals surface area contributed by atoms with Crippen molar-refractivity contribution in [2.75, 3.05) is 0 Å². The van der Waals surface area contributed by atoms with Crippen LogP contribution in [0, 0.1) is 0 Å². The molecule has 0 aliphatic carbocycles. The van der Waals surface area contributed by atoms with Gasteiger partial charge in [0, 0.05) is 12.7 Å². The number of benzene rings is 1. The Kier molecular flexibility index (Phi) is 4.20. The molecule has 0 saturated heterocycles. The van der Waals surface area contributed by atoms with Gasteiger partial charge in [-0.25, -0.2) is 9.97 Å². The summed E-state index contributed by atoms with van der Waals surface area (Å²) in [5.41, 5.74) is 2.35. The number of alkyl halides is 3. The first-order valence-electron chi connectivity index (χ1n) is 7.13. The van der Waals surface area contributed by atoms with E-state index in [1.54, 1.807) is 23.0 Å². The van der Waals surface area contributed by atoms with Crippen molar-refractivity contribution in [1.82, 2.24) is 19.9 Å². The third-order valence-electron chi connectivity index (χ3n) is 3.36. The molecule has 2 aromatic heterocycles. The van der Waals surface area contributed by atoms with Gasteiger partial charge in [0.25, 0.3) is 0 Å². The Labute approximate surface area is 135 Å². The van der Waals surface area contributed by atoms with Gasteiger partial charge in [-0.15, -0.1) is 0 Å². The summed E-state index contributed by atoms with van der Waals surface area (Å²) in [6.45, 7) is -0.00707. The van der Waals surface area contributed by atoms with E-state index in [1.165, 1.54) is 6.20 Å². The highest BCUT2D eigenvalue weighted by Gasteiger charge is 2.30. The van der Waals surface area contributed by atoms with Crippen LogP contribution >= 0.6 is 0 Å². The van der Waals surface area contributed by atoms with Gasteiger partial charge < -0.3 is 5.32 Å². The molecule has 0 fully saturated rings. The van der Waals surface area contributed by atoms with Gasteiger partial charge in [-0.1, -0.05) is 18.2 Å². The maximum Gasteiger partial charge on any atom is 0.397 e. The lowest BCUT2D eigenvalue weighted by Gasteiger charge is -2.08. The normalized spacial score (nSPS) is 11.6. The molecule has 0 unspecified atom stereocenters. The number of halogens is 3. The molecule has 0 aliphatic rings. The van der Waals surface area contributed by atoms with Gasteiger partial charge in [-0.05, 0) is 23.8 Å². The highest BCUT2D eigenvalue weighted by Crippen LogP contribution is 2.19. The number of hydrogen-bond donors (Lipinski definition) is 1. The third kappa shape index (κ3) is 3.70. The Morgan fingerprint density at radius 1 is 1.12 bits per heavy atom. The zero-order chi connectivity index (χ0) is 17.2. The molecule has 0 saturated carbocycles. The van der Waals surface area contributed by atoms with Crippen LogP contribution in [0.25, 0.3) is 16.9 Å². The predicted molar refractivity (Wildman–Crippen MR) is 81.4 cm³/mol. The fourth-order valence-corrected chi connectivity index (χ4v) is 2.25. The van der Waals surface area contributed by atoms with Gasteiger partial charge in [-0.2, -0.15) is 13.2 Å². The highest BCUT2D eigenvalue weighted by atomic mass is 19.4. The van der Waals surface area contributed by atoms with E-state index in [1.807, 2.05) is 24.3 Å². The summed E-state index contributed by atoms with van der Waals surface area (Å²) in [6.07, 6.45) is -2.83. The molecule has 8 heteroatoms. The number of hydrogen-bond acceptors (Lipinski definition) is 3. The van der Waals surface area contributed by atoms with Gasteiger partial charge in [0.1, 0.15) is 18.6 Å². The molecule has 3 aromatic rings. The van der Waals surface area contributed by atoms with E-state index >= 15 is 0 Å². The minimum Gasteiger partial charge on any atom is -0.352 e. The van der Waals surface area contributed by atoms with E-state index in [9.17, 15) is 18.0 Å². The van der Waals surface area contributed by atoms with Crippen LogP contribution in [0.15, 0.2) is 48.9 Å².